The van der Waals surface area contributed by atoms with E-state index in [1.54, 1.807) is 6.21 Å². The first kappa shape index (κ1) is 21.0. The molecule has 4 rings (SSSR count). The van der Waals surface area contributed by atoms with Crippen molar-refractivity contribution < 1.29 is 13.9 Å². The lowest BCUT2D eigenvalue weighted by atomic mass is 10.2. The summed E-state index contributed by atoms with van der Waals surface area (Å²) in [6, 6.07) is 22.4. The molecule has 0 spiro atoms. The topological polar surface area (TPSA) is 76.7 Å². The number of carbonyl (C=O) groups excluding carboxylic acids is 1. The number of hydrazone groups is 1. The second-order valence-electron chi connectivity index (χ2n) is 6.48. The Morgan fingerprint density at radius 2 is 1.87 bits per heavy atom. The predicted molar refractivity (Wildman–Crippen MR) is 123 cm³/mol. The Morgan fingerprint density at radius 3 is 2.71 bits per heavy atom. The van der Waals surface area contributed by atoms with Gasteiger partial charge in [0.2, 0.25) is 0 Å². The van der Waals surface area contributed by atoms with E-state index >= 15 is 0 Å². The zero-order chi connectivity index (χ0) is 21.5. The van der Waals surface area contributed by atoms with Gasteiger partial charge in [0.1, 0.15) is 17.9 Å². The third-order valence-corrected chi connectivity index (χ3v) is 5.30. The molecule has 0 radical (unpaired) electrons. The summed E-state index contributed by atoms with van der Waals surface area (Å²) in [6.07, 6.45) is 1.55. The highest BCUT2D eigenvalue weighted by molar-refractivity contribution is 7.99. The summed E-state index contributed by atoms with van der Waals surface area (Å²) < 4.78 is 11.5. The molecule has 1 heterocycles. The van der Waals surface area contributed by atoms with Crippen LogP contribution in [0.15, 0.2) is 87.5 Å². The van der Waals surface area contributed by atoms with E-state index < -0.39 is 0 Å². The zero-order valence-electron chi connectivity index (χ0n) is 16.3. The fourth-order valence-electron chi connectivity index (χ4n) is 2.71. The quantitative estimate of drug-likeness (QED) is 0.223. The van der Waals surface area contributed by atoms with Crippen molar-refractivity contribution >= 4 is 46.6 Å². The van der Waals surface area contributed by atoms with Crippen molar-refractivity contribution in [2.45, 2.75) is 11.8 Å². The van der Waals surface area contributed by atoms with Gasteiger partial charge in [-0.15, -0.1) is 0 Å². The van der Waals surface area contributed by atoms with Crippen molar-refractivity contribution in [3.63, 3.8) is 0 Å². The number of hydrogen-bond donors (Lipinski definition) is 1. The average molecular weight is 452 g/mol. The van der Waals surface area contributed by atoms with E-state index in [0.29, 0.717) is 28.2 Å². The Balaban J connectivity index is 1.29. The molecule has 1 aromatic heterocycles. The minimum atomic E-state index is -0.261. The Morgan fingerprint density at radius 1 is 1.10 bits per heavy atom. The Labute approximate surface area is 188 Å². The fraction of sp³-hybridized carbons (Fsp3) is 0.0870. The fourth-order valence-corrected chi connectivity index (χ4v) is 3.46. The number of carbonyl (C=O) groups is 1. The monoisotopic (exact) mass is 451 g/mol. The first-order valence-electron chi connectivity index (χ1n) is 9.44. The van der Waals surface area contributed by atoms with Crippen LogP contribution in [0.5, 0.6) is 5.75 Å². The highest BCUT2D eigenvalue weighted by atomic mass is 35.5. The number of amides is 1. The van der Waals surface area contributed by atoms with Gasteiger partial charge in [-0.3, -0.25) is 4.79 Å². The van der Waals surface area contributed by atoms with Gasteiger partial charge in [-0.05, 0) is 42.0 Å². The van der Waals surface area contributed by atoms with Gasteiger partial charge in [0.25, 0.3) is 11.1 Å². The number of nitrogens with one attached hydrogen (secondary N) is 1. The third kappa shape index (κ3) is 5.87. The predicted octanol–water partition coefficient (Wildman–Crippen LogP) is 5.30. The molecule has 1 N–H and O–H groups in total. The van der Waals surface area contributed by atoms with Crippen LogP contribution in [0.4, 0.5) is 0 Å². The smallest absolute Gasteiger partial charge is 0.257 e. The van der Waals surface area contributed by atoms with Crippen molar-refractivity contribution in [1.82, 2.24) is 10.4 Å². The summed E-state index contributed by atoms with van der Waals surface area (Å²) in [5.74, 6) is 0.540. The number of hydrogen-bond acceptors (Lipinski definition) is 6. The van der Waals surface area contributed by atoms with E-state index in [1.165, 1.54) is 11.8 Å². The standard InChI is InChI=1S/C23H18ClN3O3S/c24-18-11-9-16(10-12-18)14-29-20-7-3-1-5-17(20)13-25-27-22(28)15-31-23-26-19-6-2-4-8-21(19)30-23/h1-13H,14-15H2,(H,27,28)/b25-13-. The Kier molecular flexibility index (Phi) is 6.86. The summed E-state index contributed by atoms with van der Waals surface area (Å²) >= 11 is 7.12. The molecule has 0 aliphatic carbocycles. The van der Waals surface area contributed by atoms with E-state index in [1.807, 2.05) is 72.8 Å². The number of oxazole rings is 1. The van der Waals surface area contributed by atoms with Crippen LogP contribution in [0.25, 0.3) is 11.1 Å². The SMILES string of the molecule is O=C(CSc1nc2ccccc2o1)N/N=C\c1ccccc1OCc1ccc(Cl)cc1. The van der Waals surface area contributed by atoms with Gasteiger partial charge in [-0.25, -0.2) is 10.4 Å². The lowest BCUT2D eigenvalue weighted by Gasteiger charge is -2.09. The highest BCUT2D eigenvalue weighted by Crippen LogP contribution is 2.23. The van der Waals surface area contributed by atoms with E-state index in [4.69, 9.17) is 20.8 Å². The minimum absolute atomic E-state index is 0.138. The maximum absolute atomic E-state index is 12.1. The third-order valence-electron chi connectivity index (χ3n) is 4.22. The molecule has 0 aliphatic rings. The molecule has 6 nitrogen and oxygen atoms in total. The molecule has 8 heteroatoms. The van der Waals surface area contributed by atoms with Crippen molar-refractivity contribution in [2.24, 2.45) is 5.10 Å². The molecule has 1 amide bonds. The van der Waals surface area contributed by atoms with Crippen molar-refractivity contribution in [3.8, 4) is 5.75 Å². The number of aromatic nitrogens is 1. The zero-order valence-corrected chi connectivity index (χ0v) is 17.9. The first-order chi connectivity index (χ1) is 15.2. The largest absolute Gasteiger partial charge is 0.488 e. The van der Waals surface area contributed by atoms with Gasteiger partial charge in [0.05, 0.1) is 12.0 Å². The number of para-hydroxylation sites is 3. The summed E-state index contributed by atoms with van der Waals surface area (Å²) in [5, 5.41) is 5.16. The van der Waals surface area contributed by atoms with Gasteiger partial charge in [0, 0.05) is 10.6 Å². The summed E-state index contributed by atoms with van der Waals surface area (Å²) in [6.45, 7) is 0.398. The molecule has 0 atom stereocenters. The minimum Gasteiger partial charge on any atom is -0.488 e. The maximum Gasteiger partial charge on any atom is 0.257 e. The Hall–Kier alpha value is -3.29. The van der Waals surface area contributed by atoms with Gasteiger partial charge < -0.3 is 9.15 Å². The van der Waals surface area contributed by atoms with Gasteiger partial charge in [-0.1, -0.05) is 59.8 Å². The molecule has 0 saturated carbocycles. The van der Waals surface area contributed by atoms with E-state index in [0.717, 1.165) is 16.6 Å². The lowest BCUT2D eigenvalue weighted by Crippen LogP contribution is -2.19. The number of benzene rings is 3. The number of nitrogens with zero attached hydrogens (tertiary/aromatic N) is 2. The van der Waals surface area contributed by atoms with Crippen LogP contribution in [0.1, 0.15) is 11.1 Å². The van der Waals surface area contributed by atoms with Crippen molar-refractivity contribution in [1.29, 1.82) is 0 Å². The second kappa shape index (κ2) is 10.1. The number of thioether (sulfide) groups is 1. The van der Waals surface area contributed by atoms with Gasteiger partial charge >= 0.3 is 0 Å². The molecule has 0 bridgehead atoms. The van der Waals surface area contributed by atoms with E-state index in [2.05, 4.69) is 15.5 Å². The van der Waals surface area contributed by atoms with Crippen LogP contribution in [-0.2, 0) is 11.4 Å². The first-order valence-corrected chi connectivity index (χ1v) is 10.8. The molecule has 0 aliphatic heterocycles. The van der Waals surface area contributed by atoms with Crippen molar-refractivity contribution in [3.05, 3.63) is 88.9 Å². The summed E-state index contributed by atoms with van der Waals surface area (Å²) in [5.41, 5.74) is 5.72. The van der Waals surface area contributed by atoms with Crippen LogP contribution in [-0.4, -0.2) is 22.9 Å². The van der Waals surface area contributed by atoms with Crippen LogP contribution in [0, 0.1) is 0 Å². The van der Waals surface area contributed by atoms with Crippen LogP contribution < -0.4 is 10.2 Å². The summed E-state index contributed by atoms with van der Waals surface area (Å²) in [7, 11) is 0. The van der Waals surface area contributed by atoms with Crippen molar-refractivity contribution in [2.75, 3.05) is 5.75 Å². The second-order valence-corrected chi connectivity index (χ2v) is 7.85. The molecular formula is C23H18ClN3O3S. The molecule has 0 saturated heterocycles. The van der Waals surface area contributed by atoms with E-state index in [-0.39, 0.29) is 11.7 Å². The normalized spacial score (nSPS) is 11.1. The molecule has 4 aromatic rings. The number of rotatable bonds is 8. The molecule has 3 aromatic carbocycles. The Bertz CT molecular complexity index is 1180. The highest BCUT2D eigenvalue weighted by Gasteiger charge is 2.08. The molecule has 31 heavy (non-hydrogen) atoms. The van der Waals surface area contributed by atoms with Gasteiger partial charge in [-0.2, -0.15) is 5.10 Å². The van der Waals surface area contributed by atoms with Gasteiger partial charge in [0.15, 0.2) is 5.58 Å². The van der Waals surface area contributed by atoms with Crippen LogP contribution in [0.2, 0.25) is 5.02 Å². The maximum atomic E-state index is 12.1. The average Bonchev–Trinajstić information content (AvgIpc) is 3.21. The lowest BCUT2D eigenvalue weighted by molar-refractivity contribution is -0.118. The molecule has 0 fully saturated rings. The van der Waals surface area contributed by atoms with Crippen LogP contribution >= 0.6 is 23.4 Å². The van der Waals surface area contributed by atoms with Crippen LogP contribution in [0.3, 0.4) is 0 Å². The van der Waals surface area contributed by atoms with E-state index in [9.17, 15) is 4.79 Å². The molecular weight excluding hydrogens is 434 g/mol. The molecule has 0 unspecified atom stereocenters. The number of fused-ring (bicyclic) bond motifs is 1. The number of halogens is 1. The molecule has 156 valence electrons. The number of ether oxygens (including phenoxy) is 1. The summed E-state index contributed by atoms with van der Waals surface area (Å²) in [4.78, 5) is 16.4.